The maximum atomic E-state index is 12.8. The van der Waals surface area contributed by atoms with E-state index in [1.54, 1.807) is 38.1 Å². The number of nitrogens with one attached hydrogen (secondary N) is 3. The molecular formula is C22H23N5O2. The molecule has 0 aliphatic carbocycles. The monoisotopic (exact) mass is 389 g/mol. The first-order valence-electron chi connectivity index (χ1n) is 9.63. The lowest BCUT2D eigenvalue weighted by Gasteiger charge is -2.26. The van der Waals surface area contributed by atoms with E-state index in [-0.39, 0.29) is 11.8 Å². The van der Waals surface area contributed by atoms with Crippen LogP contribution in [0.3, 0.4) is 0 Å². The Kier molecular flexibility index (Phi) is 5.99. The number of nitrogens with zero attached hydrogens (tertiary/aromatic N) is 2. The molecule has 0 radical (unpaired) electrons. The second-order valence-corrected chi connectivity index (χ2v) is 7.30. The molecule has 2 aliphatic heterocycles. The van der Waals surface area contributed by atoms with Gasteiger partial charge in [-0.1, -0.05) is 12.1 Å². The van der Waals surface area contributed by atoms with Gasteiger partial charge in [-0.05, 0) is 50.8 Å². The van der Waals surface area contributed by atoms with E-state index in [0.717, 1.165) is 12.8 Å². The highest BCUT2D eigenvalue weighted by molar-refractivity contribution is 5.97. The van der Waals surface area contributed by atoms with E-state index in [2.05, 4.69) is 28.1 Å². The standard InChI is InChI=1S/C22H23N5O2/c1-13-17(11-23)20(18(12-24)14(2)26-13)15-6-5-7-16(10-15)21(28)27-19-8-3-4-9-25-22(19)29/h5-7,10,19-20,26H,3-4,8-9H2,1-2H3,(H,25,29)(H,27,28). The lowest BCUT2D eigenvalue weighted by Crippen LogP contribution is -2.45. The second kappa shape index (κ2) is 8.62. The van der Waals surface area contributed by atoms with E-state index >= 15 is 0 Å². The summed E-state index contributed by atoms with van der Waals surface area (Å²) in [5, 5.41) is 28.0. The SMILES string of the molecule is CC1=C(C#N)C(c2cccc(C(=O)NC3CCCCNC3=O)c2)C(C#N)=C(C)N1. The highest BCUT2D eigenvalue weighted by Crippen LogP contribution is 2.37. The summed E-state index contributed by atoms with van der Waals surface area (Å²) in [7, 11) is 0. The number of nitriles is 2. The van der Waals surface area contributed by atoms with Gasteiger partial charge in [-0.25, -0.2) is 0 Å². The summed E-state index contributed by atoms with van der Waals surface area (Å²) < 4.78 is 0. The molecule has 0 bridgehead atoms. The molecule has 1 fully saturated rings. The Labute approximate surface area is 170 Å². The van der Waals surface area contributed by atoms with Crippen LogP contribution in [0.15, 0.2) is 46.8 Å². The summed E-state index contributed by atoms with van der Waals surface area (Å²) in [5.41, 5.74) is 3.37. The molecule has 1 atom stereocenters. The molecular weight excluding hydrogens is 366 g/mol. The van der Waals surface area contributed by atoms with Crippen molar-refractivity contribution in [3.05, 3.63) is 57.9 Å². The number of hydrogen-bond acceptors (Lipinski definition) is 5. The van der Waals surface area contributed by atoms with Gasteiger partial charge in [-0.3, -0.25) is 9.59 Å². The molecule has 148 valence electrons. The van der Waals surface area contributed by atoms with E-state index < -0.39 is 12.0 Å². The van der Waals surface area contributed by atoms with Crippen molar-refractivity contribution in [3.8, 4) is 12.1 Å². The van der Waals surface area contributed by atoms with Crippen molar-refractivity contribution in [1.29, 1.82) is 10.5 Å². The van der Waals surface area contributed by atoms with E-state index in [9.17, 15) is 20.1 Å². The first-order chi connectivity index (χ1) is 14.0. The largest absolute Gasteiger partial charge is 0.361 e. The van der Waals surface area contributed by atoms with E-state index in [4.69, 9.17) is 0 Å². The van der Waals surface area contributed by atoms with Crippen molar-refractivity contribution in [2.45, 2.75) is 45.1 Å². The zero-order valence-corrected chi connectivity index (χ0v) is 16.5. The number of carbonyl (C=O) groups excluding carboxylic acids is 2. The van der Waals surface area contributed by atoms with Gasteiger partial charge in [0, 0.05) is 23.5 Å². The van der Waals surface area contributed by atoms with Gasteiger partial charge in [0.05, 0.1) is 29.2 Å². The normalized spacial score (nSPS) is 20.1. The van der Waals surface area contributed by atoms with Crippen LogP contribution in [0.1, 0.15) is 54.9 Å². The summed E-state index contributed by atoms with van der Waals surface area (Å²) in [4.78, 5) is 24.9. The smallest absolute Gasteiger partial charge is 0.251 e. The summed E-state index contributed by atoms with van der Waals surface area (Å²) >= 11 is 0. The molecule has 29 heavy (non-hydrogen) atoms. The Morgan fingerprint density at radius 2 is 1.83 bits per heavy atom. The topological polar surface area (TPSA) is 118 Å². The molecule has 7 heteroatoms. The molecule has 7 nitrogen and oxygen atoms in total. The maximum Gasteiger partial charge on any atom is 0.251 e. The minimum Gasteiger partial charge on any atom is -0.361 e. The number of allylic oxidation sites excluding steroid dienone is 4. The van der Waals surface area contributed by atoms with Crippen LogP contribution in [-0.4, -0.2) is 24.4 Å². The Hall–Kier alpha value is -3.58. The first kappa shape index (κ1) is 20.2. The van der Waals surface area contributed by atoms with Crippen molar-refractivity contribution in [2.75, 3.05) is 6.54 Å². The van der Waals surface area contributed by atoms with Gasteiger partial charge in [0.1, 0.15) is 6.04 Å². The number of amides is 2. The summed E-state index contributed by atoms with van der Waals surface area (Å²) in [6.07, 6.45) is 2.37. The first-order valence-corrected chi connectivity index (χ1v) is 9.63. The maximum absolute atomic E-state index is 12.8. The molecule has 0 spiro atoms. The average Bonchev–Trinajstić information content (AvgIpc) is 2.91. The molecule has 3 rings (SSSR count). The molecule has 1 saturated heterocycles. The second-order valence-electron chi connectivity index (χ2n) is 7.30. The van der Waals surface area contributed by atoms with E-state index in [1.807, 2.05) is 0 Å². The number of rotatable bonds is 3. The Balaban J connectivity index is 1.91. The third-order valence-corrected chi connectivity index (χ3v) is 5.32. The fourth-order valence-electron chi connectivity index (χ4n) is 3.80. The zero-order valence-electron chi connectivity index (χ0n) is 16.5. The molecule has 0 saturated carbocycles. The number of hydrogen-bond donors (Lipinski definition) is 3. The van der Waals surface area contributed by atoms with Crippen molar-refractivity contribution in [2.24, 2.45) is 0 Å². The quantitative estimate of drug-likeness (QED) is 0.733. The Bertz CT molecular complexity index is 957. The van der Waals surface area contributed by atoms with Crippen molar-refractivity contribution < 1.29 is 9.59 Å². The van der Waals surface area contributed by atoms with Crippen molar-refractivity contribution in [1.82, 2.24) is 16.0 Å². The third-order valence-electron chi connectivity index (χ3n) is 5.32. The Morgan fingerprint density at radius 1 is 1.14 bits per heavy atom. The van der Waals surface area contributed by atoms with Crippen LogP contribution in [-0.2, 0) is 4.79 Å². The van der Waals surface area contributed by atoms with Crippen LogP contribution in [0.2, 0.25) is 0 Å². The number of carbonyl (C=O) groups is 2. The number of dihydropyridines is 1. The van der Waals surface area contributed by atoms with Crippen LogP contribution in [0.4, 0.5) is 0 Å². The molecule has 1 aromatic carbocycles. The average molecular weight is 389 g/mol. The highest BCUT2D eigenvalue weighted by atomic mass is 16.2. The van der Waals surface area contributed by atoms with Gasteiger partial charge in [0.2, 0.25) is 5.91 Å². The third kappa shape index (κ3) is 4.14. The van der Waals surface area contributed by atoms with Crippen molar-refractivity contribution >= 4 is 11.8 Å². The van der Waals surface area contributed by atoms with Crippen molar-refractivity contribution in [3.63, 3.8) is 0 Å². The molecule has 0 aromatic heterocycles. The van der Waals surface area contributed by atoms with Gasteiger partial charge in [0.25, 0.3) is 5.91 Å². The predicted molar refractivity (Wildman–Crippen MR) is 107 cm³/mol. The lowest BCUT2D eigenvalue weighted by molar-refractivity contribution is -0.122. The van der Waals surface area contributed by atoms with Crippen LogP contribution in [0.5, 0.6) is 0 Å². The summed E-state index contributed by atoms with van der Waals surface area (Å²) in [6.45, 7) is 4.22. The lowest BCUT2D eigenvalue weighted by atomic mass is 9.81. The predicted octanol–water partition coefficient (Wildman–Crippen LogP) is 2.37. The van der Waals surface area contributed by atoms with Crippen LogP contribution < -0.4 is 16.0 Å². The Morgan fingerprint density at radius 3 is 2.48 bits per heavy atom. The highest BCUT2D eigenvalue weighted by Gasteiger charge is 2.30. The molecule has 3 N–H and O–H groups in total. The van der Waals surface area contributed by atoms with Crippen LogP contribution >= 0.6 is 0 Å². The minimum atomic E-state index is -0.554. The van der Waals surface area contributed by atoms with Gasteiger partial charge in [0.15, 0.2) is 0 Å². The molecule has 2 amide bonds. The van der Waals surface area contributed by atoms with Gasteiger partial charge in [-0.2, -0.15) is 10.5 Å². The summed E-state index contributed by atoms with van der Waals surface area (Å²) in [5.74, 6) is -1.04. The minimum absolute atomic E-state index is 0.166. The van der Waals surface area contributed by atoms with Crippen LogP contribution in [0.25, 0.3) is 0 Å². The van der Waals surface area contributed by atoms with Gasteiger partial charge >= 0.3 is 0 Å². The molecule has 1 aromatic rings. The van der Waals surface area contributed by atoms with E-state index in [0.29, 0.717) is 46.6 Å². The van der Waals surface area contributed by atoms with Gasteiger partial charge in [-0.15, -0.1) is 0 Å². The van der Waals surface area contributed by atoms with Crippen LogP contribution in [0, 0.1) is 22.7 Å². The fraction of sp³-hybridized carbons (Fsp3) is 0.364. The number of benzene rings is 1. The van der Waals surface area contributed by atoms with E-state index in [1.165, 1.54) is 0 Å². The summed E-state index contributed by atoms with van der Waals surface area (Å²) in [6, 6.07) is 10.7. The fourth-order valence-corrected chi connectivity index (χ4v) is 3.80. The zero-order chi connectivity index (χ0) is 21.0. The molecule has 2 aliphatic rings. The van der Waals surface area contributed by atoms with Gasteiger partial charge < -0.3 is 16.0 Å². The molecule has 1 unspecified atom stereocenters. The molecule has 2 heterocycles.